The largest absolute Gasteiger partial charge is 0.349 e. The van der Waals surface area contributed by atoms with Crippen LogP contribution in [0.2, 0.25) is 0 Å². The molecule has 96 valence electrons. The van der Waals surface area contributed by atoms with Crippen LogP contribution in [0, 0.1) is 5.82 Å². The minimum atomic E-state index is -0.235. The second-order valence-electron chi connectivity index (χ2n) is 4.03. The molecule has 2 aromatic heterocycles. The molecule has 2 heterocycles. The first-order chi connectivity index (χ1) is 9.22. The van der Waals surface area contributed by atoms with E-state index in [4.69, 9.17) is 0 Å². The number of rotatable bonds is 3. The van der Waals surface area contributed by atoms with Crippen LogP contribution in [0.1, 0.15) is 5.56 Å². The number of anilines is 1. The minimum absolute atomic E-state index is 0.235. The van der Waals surface area contributed by atoms with Gasteiger partial charge in [-0.1, -0.05) is 18.2 Å². The molecular weight excluding hydrogens is 311 g/mol. The second-order valence-corrected chi connectivity index (χ2v) is 4.95. The normalized spacial score (nSPS) is 10.8. The molecule has 3 rings (SSSR count). The monoisotopic (exact) mass is 320 g/mol. The van der Waals surface area contributed by atoms with Crippen LogP contribution >= 0.6 is 15.9 Å². The van der Waals surface area contributed by atoms with Gasteiger partial charge in [-0.2, -0.15) is 4.98 Å². The van der Waals surface area contributed by atoms with Gasteiger partial charge in [-0.05, 0) is 34.1 Å². The number of nitrogens with one attached hydrogen (secondary N) is 1. The highest BCUT2D eigenvalue weighted by molar-refractivity contribution is 9.10. The zero-order chi connectivity index (χ0) is 13.2. The van der Waals surface area contributed by atoms with Crippen molar-refractivity contribution in [1.29, 1.82) is 0 Å². The number of benzene rings is 1. The fraction of sp³-hybridized carbons (Fsp3) is 0.0769. The lowest BCUT2D eigenvalue weighted by atomic mass is 10.2. The van der Waals surface area contributed by atoms with E-state index in [1.54, 1.807) is 22.7 Å². The number of pyridine rings is 1. The van der Waals surface area contributed by atoms with Crippen molar-refractivity contribution in [3.8, 4) is 0 Å². The third-order valence-corrected chi connectivity index (χ3v) is 3.16. The van der Waals surface area contributed by atoms with Crippen LogP contribution in [-0.2, 0) is 6.54 Å². The Labute approximate surface area is 117 Å². The predicted molar refractivity (Wildman–Crippen MR) is 74.4 cm³/mol. The first kappa shape index (κ1) is 12.1. The highest BCUT2D eigenvalue weighted by Crippen LogP contribution is 2.13. The molecule has 0 unspecified atom stereocenters. The van der Waals surface area contributed by atoms with Crippen molar-refractivity contribution in [3.05, 3.63) is 58.4 Å². The van der Waals surface area contributed by atoms with Gasteiger partial charge in [-0.3, -0.25) is 0 Å². The minimum Gasteiger partial charge on any atom is -0.349 e. The van der Waals surface area contributed by atoms with E-state index in [1.165, 1.54) is 6.07 Å². The summed E-state index contributed by atoms with van der Waals surface area (Å²) in [6, 6.07) is 10.4. The van der Waals surface area contributed by atoms with E-state index in [2.05, 4.69) is 31.3 Å². The van der Waals surface area contributed by atoms with Gasteiger partial charge in [-0.15, -0.1) is 5.10 Å². The predicted octanol–water partition coefficient (Wildman–Crippen LogP) is 3.24. The lowest BCUT2D eigenvalue weighted by molar-refractivity contribution is 0.612. The molecule has 1 N–H and O–H groups in total. The van der Waals surface area contributed by atoms with Gasteiger partial charge in [0.1, 0.15) is 5.82 Å². The van der Waals surface area contributed by atoms with Crippen LogP contribution in [0.25, 0.3) is 5.65 Å². The number of halogens is 2. The molecule has 3 aromatic rings. The summed E-state index contributed by atoms with van der Waals surface area (Å²) in [5.74, 6) is 0.239. The van der Waals surface area contributed by atoms with E-state index in [0.717, 1.165) is 10.1 Å². The molecule has 0 aliphatic rings. The first-order valence-corrected chi connectivity index (χ1v) is 6.51. The molecule has 4 nitrogen and oxygen atoms in total. The summed E-state index contributed by atoms with van der Waals surface area (Å²) in [5.41, 5.74) is 1.32. The molecule has 0 atom stereocenters. The Hall–Kier alpha value is -1.95. The van der Waals surface area contributed by atoms with Crippen molar-refractivity contribution in [3.63, 3.8) is 0 Å². The van der Waals surface area contributed by atoms with Gasteiger partial charge in [0.2, 0.25) is 5.95 Å². The van der Waals surface area contributed by atoms with Crippen LogP contribution in [0.4, 0.5) is 10.3 Å². The van der Waals surface area contributed by atoms with Gasteiger partial charge in [0.05, 0.1) is 0 Å². The number of fused-ring (bicyclic) bond motifs is 1. The fourth-order valence-corrected chi connectivity index (χ4v) is 2.08. The molecule has 0 spiro atoms. The molecular formula is C13H10BrFN4. The number of hydrogen-bond donors (Lipinski definition) is 1. The maximum Gasteiger partial charge on any atom is 0.243 e. The second kappa shape index (κ2) is 4.97. The topological polar surface area (TPSA) is 42.2 Å². The maximum atomic E-state index is 13.5. The smallest absolute Gasteiger partial charge is 0.243 e. The SMILES string of the molecule is Fc1ccccc1CNc1nc2ccc(Br)cn2n1. The van der Waals surface area contributed by atoms with E-state index >= 15 is 0 Å². The zero-order valence-corrected chi connectivity index (χ0v) is 11.4. The molecule has 0 radical (unpaired) electrons. The molecule has 1 aromatic carbocycles. The highest BCUT2D eigenvalue weighted by atomic mass is 79.9. The summed E-state index contributed by atoms with van der Waals surface area (Å²) in [4.78, 5) is 4.30. The average Bonchev–Trinajstić information content (AvgIpc) is 2.79. The summed E-state index contributed by atoms with van der Waals surface area (Å²) in [7, 11) is 0. The Morgan fingerprint density at radius 3 is 2.89 bits per heavy atom. The van der Waals surface area contributed by atoms with E-state index < -0.39 is 0 Å². The van der Waals surface area contributed by atoms with Crippen molar-refractivity contribution in [2.24, 2.45) is 0 Å². The van der Waals surface area contributed by atoms with Crippen molar-refractivity contribution in [2.45, 2.75) is 6.54 Å². The highest BCUT2D eigenvalue weighted by Gasteiger charge is 2.05. The molecule has 0 saturated heterocycles. The number of nitrogens with zero attached hydrogens (tertiary/aromatic N) is 3. The number of hydrogen-bond acceptors (Lipinski definition) is 3. The quantitative estimate of drug-likeness (QED) is 0.805. The van der Waals surface area contributed by atoms with Gasteiger partial charge in [0.15, 0.2) is 5.65 Å². The lowest BCUT2D eigenvalue weighted by Crippen LogP contribution is -2.03. The summed E-state index contributed by atoms with van der Waals surface area (Å²) < 4.78 is 16.0. The maximum absolute atomic E-state index is 13.5. The van der Waals surface area contributed by atoms with Crippen molar-refractivity contribution in [2.75, 3.05) is 5.32 Å². The van der Waals surface area contributed by atoms with E-state index in [-0.39, 0.29) is 5.82 Å². The Morgan fingerprint density at radius 2 is 2.05 bits per heavy atom. The van der Waals surface area contributed by atoms with Gasteiger partial charge >= 0.3 is 0 Å². The third kappa shape index (κ3) is 2.58. The molecule has 0 amide bonds. The molecule has 0 fully saturated rings. The van der Waals surface area contributed by atoms with Gasteiger partial charge in [0.25, 0.3) is 0 Å². The number of aromatic nitrogens is 3. The molecule has 0 bridgehead atoms. The summed E-state index contributed by atoms with van der Waals surface area (Å²) >= 11 is 3.37. The van der Waals surface area contributed by atoms with E-state index in [1.807, 2.05) is 18.3 Å². The molecule has 0 aliphatic heterocycles. The Balaban J connectivity index is 1.80. The Bertz CT molecular complexity index is 725. The van der Waals surface area contributed by atoms with Crippen molar-refractivity contribution >= 4 is 27.5 Å². The van der Waals surface area contributed by atoms with Gasteiger partial charge < -0.3 is 5.32 Å². The van der Waals surface area contributed by atoms with Crippen LogP contribution < -0.4 is 5.32 Å². The summed E-state index contributed by atoms with van der Waals surface area (Å²) in [5, 5.41) is 7.27. The summed E-state index contributed by atoms with van der Waals surface area (Å²) in [6.45, 7) is 0.352. The van der Waals surface area contributed by atoms with Crippen LogP contribution in [0.3, 0.4) is 0 Å². The first-order valence-electron chi connectivity index (χ1n) is 5.71. The summed E-state index contributed by atoms with van der Waals surface area (Å²) in [6.07, 6.45) is 1.82. The van der Waals surface area contributed by atoms with Gasteiger partial charge in [-0.25, -0.2) is 8.91 Å². The third-order valence-electron chi connectivity index (χ3n) is 2.69. The average molecular weight is 321 g/mol. The molecule has 0 aliphatic carbocycles. The van der Waals surface area contributed by atoms with Crippen molar-refractivity contribution in [1.82, 2.24) is 14.6 Å². The Kier molecular flexibility index (Phi) is 3.16. The van der Waals surface area contributed by atoms with Crippen LogP contribution in [-0.4, -0.2) is 14.6 Å². The fourth-order valence-electron chi connectivity index (χ4n) is 1.75. The molecule has 6 heteroatoms. The Morgan fingerprint density at radius 1 is 1.21 bits per heavy atom. The van der Waals surface area contributed by atoms with Crippen LogP contribution in [0.15, 0.2) is 47.1 Å². The van der Waals surface area contributed by atoms with Crippen LogP contribution in [0.5, 0.6) is 0 Å². The zero-order valence-electron chi connectivity index (χ0n) is 9.85. The standard InChI is InChI=1S/C13H10BrFN4/c14-10-5-6-12-17-13(18-19(12)8-10)16-7-9-3-1-2-4-11(9)15/h1-6,8H,7H2,(H,16,18). The lowest BCUT2D eigenvalue weighted by Gasteiger charge is -2.02. The molecule has 0 saturated carbocycles. The van der Waals surface area contributed by atoms with E-state index in [9.17, 15) is 4.39 Å². The van der Waals surface area contributed by atoms with E-state index in [0.29, 0.717) is 18.1 Å². The van der Waals surface area contributed by atoms with Crippen molar-refractivity contribution < 1.29 is 4.39 Å². The molecule has 19 heavy (non-hydrogen) atoms. The van der Waals surface area contributed by atoms with Gasteiger partial charge in [0, 0.05) is 22.8 Å².